The molecule has 0 saturated carbocycles. The van der Waals surface area contributed by atoms with Gasteiger partial charge in [0, 0.05) is 0 Å². The highest BCUT2D eigenvalue weighted by atomic mass is 127. The van der Waals surface area contributed by atoms with Gasteiger partial charge in [0.15, 0.2) is 0 Å². The normalized spacial score (nSPS) is 12.9. The molecular weight excluding hydrogens is 659 g/mol. The lowest BCUT2D eigenvalue weighted by atomic mass is 11.0. The standard InChI is InChI=1S/C2HI5/c3-1(4)2(5,6)7/h1H. The van der Waals surface area contributed by atoms with Gasteiger partial charge < -0.3 is 0 Å². The van der Waals surface area contributed by atoms with Crippen molar-refractivity contribution in [1.29, 1.82) is 0 Å². The van der Waals surface area contributed by atoms with Gasteiger partial charge in [0.25, 0.3) is 0 Å². The Labute approximate surface area is 111 Å². The Bertz CT molecular complexity index is 51.6. The molecule has 0 aromatic heterocycles. The maximum Gasteiger partial charge on any atom is 0.145 e. The second-order valence-electron chi connectivity index (χ2n) is 0.842. The van der Waals surface area contributed by atoms with Crippen LogP contribution in [0.3, 0.4) is 0 Å². The van der Waals surface area contributed by atoms with Crippen LogP contribution in [0.2, 0.25) is 0 Å². The summed E-state index contributed by atoms with van der Waals surface area (Å²) in [6, 6.07) is 0. The number of hydrogen-bond acceptors (Lipinski definition) is 0. The lowest BCUT2D eigenvalue weighted by molar-refractivity contribution is 1.53. The van der Waals surface area contributed by atoms with Crippen LogP contribution < -0.4 is 0 Å². The van der Waals surface area contributed by atoms with E-state index in [1.54, 1.807) is 0 Å². The van der Waals surface area contributed by atoms with E-state index in [2.05, 4.69) is 113 Å². The van der Waals surface area contributed by atoms with Gasteiger partial charge >= 0.3 is 0 Å². The molecule has 0 spiro atoms. The zero-order chi connectivity index (χ0) is 6.08. The molecule has 0 N–H and O–H groups in total. The SMILES string of the molecule is IC(I)C(I)(I)I. The summed E-state index contributed by atoms with van der Waals surface area (Å²) in [6.07, 6.45) is 0. The molecule has 0 aromatic carbocycles. The largest absolute Gasteiger partial charge is 0.145 e. The van der Waals surface area contributed by atoms with Crippen LogP contribution in [0.1, 0.15) is 0 Å². The molecular formula is C2HI5. The Hall–Kier alpha value is 3.65. The Balaban J connectivity index is 3.54. The van der Waals surface area contributed by atoms with E-state index in [-0.39, 0.29) is 0 Å². The third kappa shape index (κ3) is 6.06. The third-order valence-corrected chi connectivity index (χ3v) is 11.1. The van der Waals surface area contributed by atoms with Crippen molar-refractivity contribution in [2.24, 2.45) is 0 Å². The van der Waals surface area contributed by atoms with E-state index in [1.165, 1.54) is 0 Å². The molecule has 0 fully saturated rings. The zero-order valence-corrected chi connectivity index (χ0v) is 13.8. The van der Waals surface area contributed by atoms with E-state index in [9.17, 15) is 0 Å². The molecule has 0 amide bonds. The van der Waals surface area contributed by atoms with Gasteiger partial charge in [-0.2, -0.15) is 0 Å². The molecule has 0 rings (SSSR count). The molecule has 0 nitrogen and oxygen atoms in total. The van der Waals surface area contributed by atoms with Crippen molar-refractivity contribution in [3.63, 3.8) is 0 Å². The van der Waals surface area contributed by atoms with E-state index < -0.39 is 0 Å². The first kappa shape index (κ1) is 10.7. The minimum atomic E-state index is 0.383. The van der Waals surface area contributed by atoms with Crippen LogP contribution in [0.15, 0.2) is 0 Å². The van der Waals surface area contributed by atoms with E-state index in [1.807, 2.05) is 0 Å². The van der Waals surface area contributed by atoms with Crippen LogP contribution in [-0.4, -0.2) is 1.37 Å². The van der Waals surface area contributed by atoms with Crippen molar-refractivity contribution >= 4 is 113 Å². The van der Waals surface area contributed by atoms with E-state index in [4.69, 9.17) is 0 Å². The summed E-state index contributed by atoms with van der Waals surface area (Å²) in [6.45, 7) is 0. The zero-order valence-electron chi connectivity index (χ0n) is 2.97. The molecule has 0 heterocycles. The molecule has 0 saturated heterocycles. The first-order chi connectivity index (χ1) is 2.94. The highest BCUT2D eigenvalue weighted by Gasteiger charge is 2.24. The van der Waals surface area contributed by atoms with E-state index in [0.717, 1.165) is 0 Å². The highest BCUT2D eigenvalue weighted by Crippen LogP contribution is 2.45. The average Bonchev–Trinajstić information content (AvgIpc) is 1.31. The van der Waals surface area contributed by atoms with Crippen LogP contribution >= 0.6 is 113 Å². The van der Waals surface area contributed by atoms with Gasteiger partial charge in [0.1, 0.15) is -0.565 Å². The first-order valence-electron chi connectivity index (χ1n) is 1.29. The number of hydrogen-bond donors (Lipinski definition) is 0. The van der Waals surface area contributed by atoms with E-state index >= 15 is 0 Å². The van der Waals surface area contributed by atoms with Gasteiger partial charge in [-0.1, -0.05) is 113 Å². The summed E-state index contributed by atoms with van der Waals surface area (Å²) in [7, 11) is 0. The Kier molecular flexibility index (Phi) is 6.86. The summed E-state index contributed by atoms with van der Waals surface area (Å²) in [5, 5.41) is 0. The molecule has 0 unspecified atom stereocenters. The maximum atomic E-state index is 2.42. The second kappa shape index (κ2) is 4.51. The smallest absolute Gasteiger partial charge is 0.0677 e. The summed E-state index contributed by atoms with van der Waals surface area (Å²) in [4.78, 5) is 0. The van der Waals surface area contributed by atoms with E-state index in [0.29, 0.717) is 1.37 Å². The Morgan fingerprint density at radius 2 is 1.14 bits per heavy atom. The molecule has 0 bridgehead atoms. The lowest BCUT2D eigenvalue weighted by Gasteiger charge is -2.12. The number of rotatable bonds is 1. The first-order valence-corrected chi connectivity index (χ1v) is 7.02. The monoisotopic (exact) mass is 660 g/mol. The Morgan fingerprint density at radius 1 is 1.00 bits per heavy atom. The average molecular weight is 660 g/mol. The highest BCUT2D eigenvalue weighted by molar-refractivity contribution is 14.3. The van der Waals surface area contributed by atoms with Crippen molar-refractivity contribution in [3.8, 4) is 0 Å². The summed E-state index contributed by atoms with van der Waals surface area (Å²) in [5.74, 6) is 0. The van der Waals surface area contributed by atoms with Crippen LogP contribution in [0.25, 0.3) is 0 Å². The minimum absolute atomic E-state index is 0.383. The lowest BCUT2D eigenvalue weighted by Crippen LogP contribution is -2.07. The summed E-state index contributed by atoms with van der Waals surface area (Å²) >= 11 is 12.1. The quantitative estimate of drug-likeness (QED) is 0.294. The van der Waals surface area contributed by atoms with Gasteiger partial charge in [0.2, 0.25) is 0 Å². The third-order valence-electron chi connectivity index (χ3n) is 0.247. The molecule has 0 aliphatic carbocycles. The molecule has 0 aliphatic rings. The van der Waals surface area contributed by atoms with Crippen molar-refractivity contribution in [3.05, 3.63) is 0 Å². The fourth-order valence-electron chi connectivity index (χ4n) is 0. The molecule has 7 heavy (non-hydrogen) atoms. The summed E-state index contributed by atoms with van der Waals surface area (Å²) < 4.78 is 1.08. The fraction of sp³-hybridized carbons (Fsp3) is 1.00. The maximum absolute atomic E-state index is 2.42. The van der Waals surface area contributed by atoms with Crippen molar-refractivity contribution in [2.45, 2.75) is 1.37 Å². The fourth-order valence-corrected chi connectivity index (χ4v) is 0. The number of halogens is 5. The van der Waals surface area contributed by atoms with Crippen LogP contribution in [0, 0.1) is 0 Å². The second-order valence-corrected chi connectivity index (χ2v) is 17.0. The topological polar surface area (TPSA) is 0 Å². The predicted octanol–water partition coefficient (Wildman–Crippen LogP) is 4.14. The number of alkyl halides is 5. The van der Waals surface area contributed by atoms with Gasteiger partial charge in [-0.3, -0.25) is 0 Å². The molecule has 0 aliphatic heterocycles. The molecule has 44 valence electrons. The van der Waals surface area contributed by atoms with Gasteiger partial charge in [0.05, 0.1) is 1.93 Å². The molecule has 0 radical (unpaired) electrons. The van der Waals surface area contributed by atoms with Crippen molar-refractivity contribution in [1.82, 2.24) is 0 Å². The molecule has 0 atom stereocenters. The van der Waals surface area contributed by atoms with Crippen LogP contribution in [-0.2, 0) is 0 Å². The van der Waals surface area contributed by atoms with Crippen molar-refractivity contribution in [2.75, 3.05) is 0 Å². The van der Waals surface area contributed by atoms with Crippen molar-refractivity contribution < 1.29 is 0 Å². The Morgan fingerprint density at radius 3 is 1.14 bits per heavy atom. The van der Waals surface area contributed by atoms with Crippen LogP contribution in [0.5, 0.6) is 0 Å². The predicted molar refractivity (Wildman–Crippen MR) is 76.6 cm³/mol. The van der Waals surface area contributed by atoms with Gasteiger partial charge in [-0.05, 0) is 0 Å². The van der Waals surface area contributed by atoms with Crippen LogP contribution in [0.4, 0.5) is 0 Å². The van der Waals surface area contributed by atoms with Gasteiger partial charge in [-0.25, -0.2) is 0 Å². The molecule has 5 heteroatoms. The summed E-state index contributed by atoms with van der Waals surface area (Å²) in [5.41, 5.74) is 0. The molecule has 0 aromatic rings. The van der Waals surface area contributed by atoms with Gasteiger partial charge in [-0.15, -0.1) is 0 Å². The minimum Gasteiger partial charge on any atom is -0.0677 e.